The summed E-state index contributed by atoms with van der Waals surface area (Å²) in [7, 11) is -2.28. The number of fused-ring (bicyclic) bond motifs is 1. The van der Waals surface area contributed by atoms with E-state index in [0.717, 1.165) is 22.5 Å². The maximum Gasteiger partial charge on any atom is 0.244 e. The van der Waals surface area contributed by atoms with E-state index in [1.165, 1.54) is 11.0 Å². The van der Waals surface area contributed by atoms with Crippen molar-refractivity contribution in [2.75, 3.05) is 44.0 Å². The van der Waals surface area contributed by atoms with Gasteiger partial charge in [0, 0.05) is 19.2 Å². The van der Waals surface area contributed by atoms with Crippen LogP contribution in [-0.2, 0) is 26.2 Å². The van der Waals surface area contributed by atoms with Crippen molar-refractivity contribution in [1.29, 1.82) is 0 Å². The molecule has 0 saturated heterocycles. The number of amides is 2. The van der Waals surface area contributed by atoms with Crippen LogP contribution in [0.15, 0.2) is 42.5 Å². The highest BCUT2D eigenvalue weighted by molar-refractivity contribution is 7.92. The van der Waals surface area contributed by atoms with Gasteiger partial charge in [-0.05, 0) is 43.2 Å². The summed E-state index contributed by atoms with van der Waals surface area (Å²) in [4.78, 5) is 27.7. The molecule has 1 unspecified atom stereocenters. The van der Waals surface area contributed by atoms with E-state index in [2.05, 4.69) is 5.32 Å². The standard InChI is InChI=1S/C25H33N3O7S/c1-5-12-26-25(30)18(2)27(16-19-6-9-21(33-3)10-7-19)24(29)17-28(36(4,31)32)20-8-11-22-23(15-20)35-14-13-34-22/h6-11,15,18H,5,12-14,16-17H2,1-4H3,(H,26,30). The fourth-order valence-electron chi connectivity index (χ4n) is 3.71. The highest BCUT2D eigenvalue weighted by Gasteiger charge is 2.30. The van der Waals surface area contributed by atoms with E-state index in [-0.39, 0.29) is 18.1 Å². The normalized spacial score (nSPS) is 13.4. The molecule has 10 nitrogen and oxygen atoms in total. The van der Waals surface area contributed by atoms with Gasteiger partial charge in [-0.2, -0.15) is 0 Å². The summed E-state index contributed by atoms with van der Waals surface area (Å²) in [6.07, 6.45) is 1.78. The third-order valence-corrected chi connectivity index (χ3v) is 6.86. The van der Waals surface area contributed by atoms with Crippen LogP contribution in [0.1, 0.15) is 25.8 Å². The first-order valence-corrected chi connectivity index (χ1v) is 13.6. The van der Waals surface area contributed by atoms with Crippen molar-refractivity contribution in [2.24, 2.45) is 0 Å². The molecule has 1 N–H and O–H groups in total. The molecule has 0 bridgehead atoms. The van der Waals surface area contributed by atoms with Gasteiger partial charge >= 0.3 is 0 Å². The van der Waals surface area contributed by atoms with Crippen molar-refractivity contribution >= 4 is 27.5 Å². The highest BCUT2D eigenvalue weighted by Crippen LogP contribution is 2.34. The first-order chi connectivity index (χ1) is 17.1. The van der Waals surface area contributed by atoms with Crippen LogP contribution in [0.5, 0.6) is 17.2 Å². The minimum Gasteiger partial charge on any atom is -0.497 e. The fraction of sp³-hybridized carbons (Fsp3) is 0.440. The molecule has 1 aliphatic rings. The summed E-state index contributed by atoms with van der Waals surface area (Å²) in [5.41, 5.74) is 1.03. The maximum atomic E-state index is 13.6. The van der Waals surface area contributed by atoms with Gasteiger partial charge in [0.05, 0.1) is 19.1 Å². The van der Waals surface area contributed by atoms with E-state index >= 15 is 0 Å². The van der Waals surface area contributed by atoms with E-state index in [1.807, 2.05) is 6.92 Å². The van der Waals surface area contributed by atoms with Gasteiger partial charge in [0.1, 0.15) is 31.5 Å². The van der Waals surface area contributed by atoms with Crippen molar-refractivity contribution in [3.63, 3.8) is 0 Å². The molecule has 2 aromatic rings. The third kappa shape index (κ3) is 6.81. The Balaban J connectivity index is 1.89. The number of rotatable bonds is 11. The molecule has 2 aromatic carbocycles. The van der Waals surface area contributed by atoms with Gasteiger partial charge in [0.25, 0.3) is 0 Å². The minimum absolute atomic E-state index is 0.113. The molecular weight excluding hydrogens is 486 g/mol. The van der Waals surface area contributed by atoms with Gasteiger partial charge in [-0.1, -0.05) is 19.1 Å². The zero-order valence-corrected chi connectivity index (χ0v) is 21.8. The fourth-order valence-corrected chi connectivity index (χ4v) is 4.55. The predicted molar refractivity (Wildman–Crippen MR) is 136 cm³/mol. The van der Waals surface area contributed by atoms with E-state index in [4.69, 9.17) is 14.2 Å². The zero-order valence-electron chi connectivity index (χ0n) is 21.0. The van der Waals surface area contributed by atoms with Crippen LogP contribution in [-0.4, -0.2) is 70.8 Å². The highest BCUT2D eigenvalue weighted by atomic mass is 32.2. The number of nitrogens with zero attached hydrogens (tertiary/aromatic N) is 2. The van der Waals surface area contributed by atoms with Crippen molar-refractivity contribution in [3.8, 4) is 17.2 Å². The number of ether oxygens (including phenoxy) is 3. The van der Waals surface area contributed by atoms with Gasteiger partial charge in [0.2, 0.25) is 21.8 Å². The number of anilines is 1. The maximum absolute atomic E-state index is 13.6. The van der Waals surface area contributed by atoms with E-state index in [1.54, 1.807) is 50.4 Å². The molecule has 196 valence electrons. The Morgan fingerprint density at radius 2 is 1.75 bits per heavy atom. The summed E-state index contributed by atoms with van der Waals surface area (Å²) in [6, 6.07) is 11.0. The summed E-state index contributed by atoms with van der Waals surface area (Å²) in [6.45, 7) is 4.40. The second-order valence-corrected chi connectivity index (χ2v) is 10.3. The van der Waals surface area contributed by atoms with Crippen LogP contribution in [0.2, 0.25) is 0 Å². The lowest BCUT2D eigenvalue weighted by Gasteiger charge is -2.31. The molecule has 0 aromatic heterocycles. The van der Waals surface area contributed by atoms with Crippen LogP contribution < -0.4 is 23.8 Å². The smallest absolute Gasteiger partial charge is 0.244 e. The lowest BCUT2D eigenvalue weighted by atomic mass is 10.1. The molecular formula is C25H33N3O7S. The monoisotopic (exact) mass is 519 g/mol. The van der Waals surface area contributed by atoms with Crippen molar-refractivity contribution in [2.45, 2.75) is 32.9 Å². The lowest BCUT2D eigenvalue weighted by Crippen LogP contribution is -2.51. The second kappa shape index (κ2) is 12.0. The summed E-state index contributed by atoms with van der Waals surface area (Å²) < 4.78 is 42.7. The number of nitrogens with one attached hydrogen (secondary N) is 1. The second-order valence-electron chi connectivity index (χ2n) is 8.43. The van der Waals surface area contributed by atoms with Gasteiger partial charge in [-0.25, -0.2) is 8.42 Å². The largest absolute Gasteiger partial charge is 0.497 e. The number of hydrogen-bond donors (Lipinski definition) is 1. The van der Waals surface area contributed by atoms with Crippen LogP contribution in [0.4, 0.5) is 5.69 Å². The quantitative estimate of drug-likeness (QED) is 0.484. The zero-order chi connectivity index (χ0) is 26.3. The Morgan fingerprint density at radius 3 is 2.36 bits per heavy atom. The average molecular weight is 520 g/mol. The lowest BCUT2D eigenvalue weighted by molar-refractivity contribution is -0.139. The van der Waals surface area contributed by atoms with Crippen molar-refractivity contribution in [1.82, 2.24) is 10.2 Å². The van der Waals surface area contributed by atoms with Crippen molar-refractivity contribution < 1.29 is 32.2 Å². The first-order valence-electron chi connectivity index (χ1n) is 11.7. The third-order valence-electron chi connectivity index (χ3n) is 5.72. The van der Waals surface area contributed by atoms with Crippen LogP contribution in [0, 0.1) is 0 Å². The Bertz CT molecular complexity index is 1170. The van der Waals surface area contributed by atoms with Crippen LogP contribution in [0.3, 0.4) is 0 Å². The van der Waals surface area contributed by atoms with E-state index in [9.17, 15) is 18.0 Å². The average Bonchev–Trinajstić information content (AvgIpc) is 2.87. The number of carbonyl (C=O) groups is 2. The first kappa shape index (κ1) is 27.1. The Morgan fingerprint density at radius 1 is 1.08 bits per heavy atom. The SMILES string of the molecule is CCCNC(=O)C(C)N(Cc1ccc(OC)cc1)C(=O)CN(c1ccc2c(c1)OCCO2)S(C)(=O)=O. The number of carbonyl (C=O) groups excluding carboxylic acids is 2. The van der Waals surface area contributed by atoms with Crippen LogP contribution >= 0.6 is 0 Å². The summed E-state index contributed by atoms with van der Waals surface area (Å²) in [5, 5.41) is 2.81. The van der Waals surface area contributed by atoms with Gasteiger partial charge < -0.3 is 24.4 Å². The molecule has 1 heterocycles. The molecule has 3 rings (SSSR count). The summed E-state index contributed by atoms with van der Waals surface area (Å²) in [5.74, 6) is 0.732. The Kier molecular flexibility index (Phi) is 9.03. The number of sulfonamides is 1. The minimum atomic E-state index is -3.84. The topological polar surface area (TPSA) is 114 Å². The van der Waals surface area contributed by atoms with Gasteiger partial charge in [-0.15, -0.1) is 0 Å². The molecule has 0 radical (unpaired) electrons. The molecule has 1 aliphatic heterocycles. The van der Waals surface area contributed by atoms with Gasteiger partial charge in [0.15, 0.2) is 11.5 Å². The Hall–Kier alpha value is -3.47. The predicted octanol–water partition coefficient (Wildman–Crippen LogP) is 2.18. The molecule has 0 saturated carbocycles. The van der Waals surface area contributed by atoms with Gasteiger partial charge in [-0.3, -0.25) is 13.9 Å². The molecule has 0 spiro atoms. The van der Waals surface area contributed by atoms with E-state index in [0.29, 0.717) is 37.0 Å². The molecule has 0 fully saturated rings. The molecule has 11 heteroatoms. The Labute approximate surface area is 212 Å². The number of hydrogen-bond acceptors (Lipinski definition) is 7. The number of benzene rings is 2. The number of methoxy groups -OCH3 is 1. The van der Waals surface area contributed by atoms with E-state index < -0.39 is 28.5 Å². The van der Waals surface area contributed by atoms with Crippen molar-refractivity contribution in [3.05, 3.63) is 48.0 Å². The summed E-state index contributed by atoms with van der Waals surface area (Å²) >= 11 is 0. The molecule has 1 atom stereocenters. The molecule has 0 aliphatic carbocycles. The van der Waals surface area contributed by atoms with Crippen LogP contribution in [0.25, 0.3) is 0 Å². The molecule has 2 amide bonds. The molecule has 36 heavy (non-hydrogen) atoms.